The SMILES string of the molecule is CCc1nn(CC)c(CN(CCCO)C2CCC2)c1Cl. The molecule has 1 N–H and O–H groups in total. The third-order valence-electron chi connectivity index (χ3n) is 4.24. The standard InChI is InChI=1S/C15H26ClN3O/c1-3-13-15(16)14(19(4-2)17-13)11-18(9-6-10-20)12-7-5-8-12/h12,20H,3-11H2,1-2H3. The Morgan fingerprint density at radius 2 is 2.15 bits per heavy atom. The van der Waals surface area contributed by atoms with Crippen molar-refractivity contribution in [3.8, 4) is 0 Å². The van der Waals surface area contributed by atoms with Crippen molar-refractivity contribution in [1.29, 1.82) is 0 Å². The highest BCUT2D eigenvalue weighted by Gasteiger charge is 2.26. The first-order valence-corrected chi connectivity index (χ1v) is 8.18. The number of halogens is 1. The Balaban J connectivity index is 2.14. The molecule has 0 unspecified atom stereocenters. The predicted octanol–water partition coefficient (Wildman–Crippen LogP) is 2.86. The number of rotatable bonds is 8. The minimum absolute atomic E-state index is 0.254. The second kappa shape index (κ2) is 7.43. The highest BCUT2D eigenvalue weighted by atomic mass is 35.5. The zero-order valence-electron chi connectivity index (χ0n) is 12.6. The van der Waals surface area contributed by atoms with Gasteiger partial charge in [0, 0.05) is 32.3 Å². The van der Waals surface area contributed by atoms with E-state index in [9.17, 15) is 0 Å². The molecule has 0 aromatic carbocycles. The zero-order chi connectivity index (χ0) is 14.5. The van der Waals surface area contributed by atoms with E-state index in [1.807, 2.05) is 4.68 Å². The van der Waals surface area contributed by atoms with E-state index in [-0.39, 0.29) is 6.61 Å². The molecular weight excluding hydrogens is 274 g/mol. The summed E-state index contributed by atoms with van der Waals surface area (Å²) < 4.78 is 2.03. The lowest BCUT2D eigenvalue weighted by Crippen LogP contribution is -2.41. The van der Waals surface area contributed by atoms with Crippen LogP contribution in [0.1, 0.15) is 50.9 Å². The Kier molecular flexibility index (Phi) is 5.87. The van der Waals surface area contributed by atoms with Crippen LogP contribution in [-0.2, 0) is 19.5 Å². The Labute approximate surface area is 126 Å². The molecule has 2 rings (SSSR count). The number of aromatic nitrogens is 2. The Morgan fingerprint density at radius 1 is 1.40 bits per heavy atom. The Bertz CT molecular complexity index is 429. The quantitative estimate of drug-likeness (QED) is 0.802. The fourth-order valence-electron chi connectivity index (χ4n) is 2.78. The molecule has 1 heterocycles. The lowest BCUT2D eigenvalue weighted by atomic mass is 9.91. The van der Waals surface area contributed by atoms with Gasteiger partial charge in [-0.05, 0) is 32.6 Å². The molecule has 0 atom stereocenters. The third-order valence-corrected chi connectivity index (χ3v) is 4.68. The zero-order valence-corrected chi connectivity index (χ0v) is 13.4. The van der Waals surface area contributed by atoms with E-state index in [2.05, 4.69) is 23.8 Å². The summed E-state index contributed by atoms with van der Waals surface area (Å²) in [6.07, 6.45) is 5.56. The van der Waals surface area contributed by atoms with Gasteiger partial charge >= 0.3 is 0 Å². The maximum Gasteiger partial charge on any atom is 0.0863 e. The maximum absolute atomic E-state index is 9.08. The van der Waals surface area contributed by atoms with E-state index in [1.54, 1.807) is 0 Å². The molecule has 0 spiro atoms. The van der Waals surface area contributed by atoms with Crippen molar-refractivity contribution in [2.75, 3.05) is 13.2 Å². The third kappa shape index (κ3) is 3.35. The van der Waals surface area contributed by atoms with Crippen LogP contribution in [0.2, 0.25) is 5.02 Å². The van der Waals surface area contributed by atoms with Gasteiger partial charge in [-0.25, -0.2) is 0 Å². The normalized spacial score (nSPS) is 15.8. The molecule has 1 aliphatic carbocycles. The Morgan fingerprint density at radius 3 is 2.65 bits per heavy atom. The van der Waals surface area contributed by atoms with Crippen molar-refractivity contribution in [1.82, 2.24) is 14.7 Å². The molecule has 1 saturated carbocycles. The second-order valence-electron chi connectivity index (χ2n) is 5.51. The Hall–Kier alpha value is -0.580. The van der Waals surface area contributed by atoms with E-state index < -0.39 is 0 Å². The van der Waals surface area contributed by atoms with Crippen molar-refractivity contribution in [2.24, 2.45) is 0 Å². The molecule has 4 nitrogen and oxygen atoms in total. The topological polar surface area (TPSA) is 41.3 Å². The number of hydrogen-bond acceptors (Lipinski definition) is 3. The fourth-order valence-corrected chi connectivity index (χ4v) is 3.11. The van der Waals surface area contributed by atoms with Gasteiger partial charge in [-0.2, -0.15) is 5.10 Å². The number of aliphatic hydroxyl groups is 1. The molecule has 1 aromatic heterocycles. The van der Waals surface area contributed by atoms with Gasteiger partial charge in [-0.3, -0.25) is 9.58 Å². The average molecular weight is 300 g/mol. The largest absolute Gasteiger partial charge is 0.396 e. The summed E-state index contributed by atoms with van der Waals surface area (Å²) in [5, 5.41) is 14.5. The van der Waals surface area contributed by atoms with E-state index in [0.717, 1.165) is 48.9 Å². The van der Waals surface area contributed by atoms with Gasteiger partial charge in [-0.15, -0.1) is 0 Å². The minimum Gasteiger partial charge on any atom is -0.396 e. The molecular formula is C15H26ClN3O. The van der Waals surface area contributed by atoms with Crippen LogP contribution in [0.15, 0.2) is 0 Å². The van der Waals surface area contributed by atoms with Gasteiger partial charge in [0.2, 0.25) is 0 Å². The summed E-state index contributed by atoms with van der Waals surface area (Å²) in [7, 11) is 0. The highest BCUT2D eigenvalue weighted by Crippen LogP contribution is 2.29. The molecule has 1 aliphatic rings. The summed E-state index contributed by atoms with van der Waals surface area (Å²) in [6.45, 7) is 7.09. The van der Waals surface area contributed by atoms with E-state index in [1.165, 1.54) is 19.3 Å². The van der Waals surface area contributed by atoms with Gasteiger partial charge in [0.25, 0.3) is 0 Å². The van der Waals surface area contributed by atoms with E-state index in [4.69, 9.17) is 16.7 Å². The predicted molar refractivity (Wildman–Crippen MR) is 82.0 cm³/mol. The van der Waals surface area contributed by atoms with Crippen molar-refractivity contribution in [2.45, 2.75) is 65.1 Å². The monoisotopic (exact) mass is 299 g/mol. The molecule has 0 bridgehead atoms. The number of aliphatic hydroxyl groups excluding tert-OH is 1. The van der Waals surface area contributed by atoms with Crippen LogP contribution < -0.4 is 0 Å². The first-order chi connectivity index (χ1) is 9.71. The molecule has 114 valence electrons. The fraction of sp³-hybridized carbons (Fsp3) is 0.800. The highest BCUT2D eigenvalue weighted by molar-refractivity contribution is 6.31. The van der Waals surface area contributed by atoms with Crippen molar-refractivity contribution >= 4 is 11.6 Å². The molecule has 20 heavy (non-hydrogen) atoms. The van der Waals surface area contributed by atoms with Crippen LogP contribution in [0.25, 0.3) is 0 Å². The molecule has 1 fully saturated rings. The van der Waals surface area contributed by atoms with Crippen LogP contribution in [0, 0.1) is 0 Å². The lowest BCUT2D eigenvalue weighted by Gasteiger charge is -2.37. The average Bonchev–Trinajstić information content (AvgIpc) is 2.70. The van der Waals surface area contributed by atoms with Gasteiger partial charge in [0.05, 0.1) is 16.4 Å². The minimum atomic E-state index is 0.254. The summed E-state index contributed by atoms with van der Waals surface area (Å²) in [5.74, 6) is 0. The smallest absolute Gasteiger partial charge is 0.0863 e. The maximum atomic E-state index is 9.08. The molecule has 0 radical (unpaired) electrons. The van der Waals surface area contributed by atoms with Crippen LogP contribution in [-0.4, -0.2) is 39.0 Å². The summed E-state index contributed by atoms with van der Waals surface area (Å²) >= 11 is 6.49. The summed E-state index contributed by atoms with van der Waals surface area (Å²) in [5.41, 5.74) is 2.13. The first kappa shape index (κ1) is 15.8. The van der Waals surface area contributed by atoms with Crippen molar-refractivity contribution < 1.29 is 5.11 Å². The first-order valence-electron chi connectivity index (χ1n) is 7.80. The second-order valence-corrected chi connectivity index (χ2v) is 5.89. The summed E-state index contributed by atoms with van der Waals surface area (Å²) in [4.78, 5) is 2.47. The van der Waals surface area contributed by atoms with Crippen molar-refractivity contribution in [3.05, 3.63) is 16.4 Å². The summed E-state index contributed by atoms with van der Waals surface area (Å²) in [6, 6.07) is 0.655. The molecule has 0 saturated heterocycles. The van der Waals surface area contributed by atoms with Gasteiger partial charge in [-0.1, -0.05) is 24.9 Å². The number of nitrogens with zero attached hydrogens (tertiary/aromatic N) is 3. The van der Waals surface area contributed by atoms with E-state index >= 15 is 0 Å². The molecule has 0 amide bonds. The van der Waals surface area contributed by atoms with Crippen LogP contribution >= 0.6 is 11.6 Å². The van der Waals surface area contributed by atoms with Crippen LogP contribution in [0.5, 0.6) is 0 Å². The lowest BCUT2D eigenvalue weighted by molar-refractivity contribution is 0.106. The van der Waals surface area contributed by atoms with Crippen LogP contribution in [0.3, 0.4) is 0 Å². The van der Waals surface area contributed by atoms with Gasteiger partial charge in [0.15, 0.2) is 0 Å². The van der Waals surface area contributed by atoms with Gasteiger partial charge in [0.1, 0.15) is 0 Å². The number of hydrogen-bond donors (Lipinski definition) is 1. The van der Waals surface area contributed by atoms with Crippen molar-refractivity contribution in [3.63, 3.8) is 0 Å². The van der Waals surface area contributed by atoms with E-state index in [0.29, 0.717) is 6.04 Å². The molecule has 0 aliphatic heterocycles. The molecule has 1 aromatic rings. The van der Waals surface area contributed by atoms with Gasteiger partial charge < -0.3 is 5.11 Å². The molecule has 5 heteroatoms. The number of aryl methyl sites for hydroxylation is 2. The van der Waals surface area contributed by atoms with Crippen LogP contribution in [0.4, 0.5) is 0 Å².